The van der Waals surface area contributed by atoms with E-state index in [1.54, 1.807) is 48.1 Å². The zero-order valence-corrected chi connectivity index (χ0v) is 11.8. The Morgan fingerprint density at radius 1 is 1.09 bits per heavy atom. The third kappa shape index (κ3) is 3.09. The molecule has 7 nitrogen and oxygen atoms in total. The Hall–Kier alpha value is -3.22. The molecule has 3 rings (SSSR count). The average molecular weight is 295 g/mol. The molecular formula is C15H13N5O2. The highest BCUT2D eigenvalue weighted by atomic mass is 16.6. The number of hydrogen-bond donors (Lipinski definition) is 1. The van der Waals surface area contributed by atoms with Gasteiger partial charge in [-0.2, -0.15) is 0 Å². The first-order chi connectivity index (χ1) is 10.7. The van der Waals surface area contributed by atoms with E-state index in [0.717, 1.165) is 5.56 Å². The van der Waals surface area contributed by atoms with Gasteiger partial charge >= 0.3 is 6.09 Å². The van der Waals surface area contributed by atoms with Crippen LogP contribution in [0.1, 0.15) is 0 Å². The van der Waals surface area contributed by atoms with Crippen LogP contribution >= 0.6 is 0 Å². The van der Waals surface area contributed by atoms with Crippen molar-refractivity contribution in [2.75, 3.05) is 5.32 Å². The fourth-order valence-electron chi connectivity index (χ4n) is 1.92. The van der Waals surface area contributed by atoms with Crippen LogP contribution in [0.4, 0.5) is 10.5 Å². The summed E-state index contributed by atoms with van der Waals surface area (Å²) < 4.78 is 6.73. The number of hydrogen-bond acceptors (Lipinski definition) is 5. The van der Waals surface area contributed by atoms with Gasteiger partial charge < -0.3 is 4.74 Å². The van der Waals surface area contributed by atoms with Crippen molar-refractivity contribution in [3.8, 4) is 17.1 Å². The van der Waals surface area contributed by atoms with Gasteiger partial charge in [-0.3, -0.25) is 5.32 Å². The molecule has 2 aromatic carbocycles. The topological polar surface area (TPSA) is 81.9 Å². The van der Waals surface area contributed by atoms with Gasteiger partial charge in [0, 0.05) is 18.3 Å². The van der Waals surface area contributed by atoms with E-state index in [0.29, 0.717) is 17.3 Å². The number of nitrogens with zero attached hydrogens (tertiary/aromatic N) is 4. The summed E-state index contributed by atoms with van der Waals surface area (Å²) in [6.45, 7) is 0. The second kappa shape index (κ2) is 6.04. The lowest BCUT2D eigenvalue weighted by Crippen LogP contribution is -2.16. The summed E-state index contributed by atoms with van der Waals surface area (Å²) in [4.78, 5) is 11.8. The Labute approximate surface area is 126 Å². The Morgan fingerprint density at radius 2 is 1.82 bits per heavy atom. The largest absolute Gasteiger partial charge is 0.417 e. The maximum atomic E-state index is 11.8. The van der Waals surface area contributed by atoms with Crippen molar-refractivity contribution in [3.05, 3.63) is 54.6 Å². The normalized spacial score (nSPS) is 10.2. The van der Waals surface area contributed by atoms with E-state index in [1.807, 2.05) is 18.2 Å². The number of rotatable bonds is 3. The minimum atomic E-state index is -0.542. The molecule has 1 aromatic heterocycles. The maximum absolute atomic E-state index is 11.8. The van der Waals surface area contributed by atoms with Gasteiger partial charge in [0.15, 0.2) is 5.82 Å². The van der Waals surface area contributed by atoms with E-state index in [-0.39, 0.29) is 0 Å². The molecule has 0 aliphatic heterocycles. The van der Waals surface area contributed by atoms with Crippen molar-refractivity contribution < 1.29 is 9.53 Å². The molecule has 0 atom stereocenters. The molecule has 0 bridgehead atoms. The number of aryl methyl sites for hydroxylation is 1. The monoisotopic (exact) mass is 295 g/mol. The average Bonchev–Trinajstić information content (AvgIpc) is 2.95. The van der Waals surface area contributed by atoms with Crippen molar-refractivity contribution in [1.82, 2.24) is 20.2 Å². The molecule has 7 heteroatoms. The predicted molar refractivity (Wildman–Crippen MR) is 80.3 cm³/mol. The summed E-state index contributed by atoms with van der Waals surface area (Å²) in [6.07, 6.45) is -0.542. The number of para-hydroxylation sites is 1. The Kier molecular flexibility index (Phi) is 3.78. The van der Waals surface area contributed by atoms with Gasteiger partial charge in [0.1, 0.15) is 5.75 Å². The van der Waals surface area contributed by atoms with Crippen LogP contribution in [0.5, 0.6) is 5.75 Å². The number of nitrogens with one attached hydrogen (secondary N) is 1. The first kappa shape index (κ1) is 13.7. The number of anilines is 1. The summed E-state index contributed by atoms with van der Waals surface area (Å²) in [5.74, 6) is 1.14. The van der Waals surface area contributed by atoms with Gasteiger partial charge in [0.2, 0.25) is 0 Å². The maximum Gasteiger partial charge on any atom is 0.417 e. The van der Waals surface area contributed by atoms with Crippen molar-refractivity contribution in [2.45, 2.75) is 0 Å². The molecule has 0 unspecified atom stereocenters. The van der Waals surface area contributed by atoms with Crippen LogP contribution in [-0.4, -0.2) is 26.3 Å². The van der Waals surface area contributed by atoms with Crippen LogP contribution in [0.2, 0.25) is 0 Å². The zero-order chi connectivity index (χ0) is 15.4. The third-order valence-corrected chi connectivity index (χ3v) is 2.96. The molecule has 0 fully saturated rings. The second-order valence-electron chi connectivity index (χ2n) is 4.53. The van der Waals surface area contributed by atoms with Gasteiger partial charge in [-0.25, -0.2) is 9.48 Å². The van der Waals surface area contributed by atoms with E-state index >= 15 is 0 Å². The Bertz CT molecular complexity index is 768. The van der Waals surface area contributed by atoms with E-state index in [1.165, 1.54) is 0 Å². The molecule has 110 valence electrons. The fraction of sp³-hybridized carbons (Fsp3) is 0.0667. The zero-order valence-electron chi connectivity index (χ0n) is 11.8. The SMILES string of the molecule is Cn1nnnc1-c1ccc(NC(=O)Oc2ccccc2)cc1. The summed E-state index contributed by atoms with van der Waals surface area (Å²) in [7, 11) is 1.76. The highest BCUT2D eigenvalue weighted by Gasteiger charge is 2.07. The van der Waals surface area contributed by atoms with E-state index < -0.39 is 6.09 Å². The number of amides is 1. The standard InChI is InChI=1S/C15H13N5O2/c1-20-14(17-18-19-20)11-7-9-12(10-8-11)16-15(21)22-13-5-3-2-4-6-13/h2-10H,1H3,(H,16,21). The van der Waals surface area contributed by atoms with Gasteiger partial charge in [-0.15, -0.1) is 5.10 Å². The second-order valence-corrected chi connectivity index (χ2v) is 4.53. The molecule has 0 saturated carbocycles. The molecule has 0 saturated heterocycles. The third-order valence-electron chi connectivity index (χ3n) is 2.96. The summed E-state index contributed by atoms with van der Waals surface area (Å²) >= 11 is 0. The molecule has 1 heterocycles. The van der Waals surface area contributed by atoms with Crippen LogP contribution in [0.3, 0.4) is 0 Å². The first-order valence-electron chi connectivity index (χ1n) is 6.59. The quantitative estimate of drug-likeness (QED) is 0.802. The molecule has 1 amide bonds. The Balaban J connectivity index is 1.66. The lowest BCUT2D eigenvalue weighted by molar-refractivity contribution is 0.215. The lowest BCUT2D eigenvalue weighted by atomic mass is 10.2. The number of carbonyl (C=O) groups excluding carboxylic acids is 1. The van der Waals surface area contributed by atoms with E-state index in [2.05, 4.69) is 20.8 Å². The van der Waals surface area contributed by atoms with Crippen LogP contribution in [0, 0.1) is 0 Å². The summed E-state index contributed by atoms with van der Waals surface area (Å²) in [5, 5.41) is 13.9. The van der Waals surface area contributed by atoms with Crippen molar-refractivity contribution in [1.29, 1.82) is 0 Å². The highest BCUT2D eigenvalue weighted by Crippen LogP contribution is 2.18. The number of benzene rings is 2. The van der Waals surface area contributed by atoms with Gasteiger partial charge in [0.25, 0.3) is 0 Å². The van der Waals surface area contributed by atoms with Crippen LogP contribution in [0.15, 0.2) is 54.6 Å². The van der Waals surface area contributed by atoms with Gasteiger partial charge in [0.05, 0.1) is 0 Å². The summed E-state index contributed by atoms with van der Waals surface area (Å²) in [5.41, 5.74) is 1.48. The van der Waals surface area contributed by atoms with E-state index in [4.69, 9.17) is 4.74 Å². The molecule has 0 aliphatic rings. The molecule has 0 spiro atoms. The van der Waals surface area contributed by atoms with Crippen LogP contribution in [-0.2, 0) is 7.05 Å². The van der Waals surface area contributed by atoms with E-state index in [9.17, 15) is 4.79 Å². The van der Waals surface area contributed by atoms with Crippen molar-refractivity contribution in [2.24, 2.45) is 7.05 Å². The highest BCUT2D eigenvalue weighted by molar-refractivity contribution is 5.86. The first-order valence-corrected chi connectivity index (χ1v) is 6.59. The molecule has 22 heavy (non-hydrogen) atoms. The predicted octanol–water partition coefficient (Wildman–Crippen LogP) is 2.49. The molecule has 1 N–H and O–H groups in total. The van der Waals surface area contributed by atoms with Crippen LogP contribution < -0.4 is 10.1 Å². The fourth-order valence-corrected chi connectivity index (χ4v) is 1.92. The lowest BCUT2D eigenvalue weighted by Gasteiger charge is -2.07. The molecule has 0 radical (unpaired) electrons. The van der Waals surface area contributed by atoms with Gasteiger partial charge in [-0.1, -0.05) is 18.2 Å². The Morgan fingerprint density at radius 3 is 2.45 bits per heavy atom. The number of ether oxygens (including phenoxy) is 1. The number of carbonyl (C=O) groups is 1. The number of aromatic nitrogens is 4. The molecule has 3 aromatic rings. The minimum Gasteiger partial charge on any atom is -0.410 e. The van der Waals surface area contributed by atoms with Gasteiger partial charge in [-0.05, 0) is 46.8 Å². The van der Waals surface area contributed by atoms with Crippen molar-refractivity contribution >= 4 is 11.8 Å². The molecule has 0 aliphatic carbocycles. The smallest absolute Gasteiger partial charge is 0.410 e. The number of tetrazole rings is 1. The molecular weight excluding hydrogens is 282 g/mol. The summed E-state index contributed by atoms with van der Waals surface area (Å²) in [6, 6.07) is 16.0. The van der Waals surface area contributed by atoms with Crippen molar-refractivity contribution in [3.63, 3.8) is 0 Å². The van der Waals surface area contributed by atoms with Crippen LogP contribution in [0.25, 0.3) is 11.4 Å². The minimum absolute atomic E-state index is 0.488.